The van der Waals surface area contributed by atoms with Gasteiger partial charge in [-0.2, -0.15) is 0 Å². The van der Waals surface area contributed by atoms with E-state index in [4.69, 9.17) is 10.6 Å². The van der Waals surface area contributed by atoms with E-state index >= 15 is 0 Å². The number of pyridine rings is 1. The Hall–Kier alpha value is -1.43. The molecule has 0 amide bonds. The lowest BCUT2D eigenvalue weighted by atomic mass is 10.0. The molecular weight excluding hydrogens is 234 g/mol. The molecule has 0 saturated carbocycles. The fourth-order valence-corrected chi connectivity index (χ4v) is 2.58. The van der Waals surface area contributed by atoms with E-state index in [1.165, 1.54) is 4.88 Å². The SMILES string of the molecule is COc1ncccc1C(NN)c1ccsc1C. The van der Waals surface area contributed by atoms with Crippen molar-refractivity contribution in [2.24, 2.45) is 5.84 Å². The molecule has 0 aliphatic carbocycles. The van der Waals surface area contributed by atoms with Crippen molar-refractivity contribution < 1.29 is 4.74 Å². The lowest BCUT2D eigenvalue weighted by Gasteiger charge is -2.18. The molecule has 2 rings (SSSR count). The number of aryl methyl sites for hydroxylation is 1. The van der Waals surface area contributed by atoms with Crippen LogP contribution in [0, 0.1) is 6.92 Å². The first-order valence-electron chi connectivity index (χ1n) is 5.27. The van der Waals surface area contributed by atoms with Crippen LogP contribution in [0.1, 0.15) is 22.0 Å². The van der Waals surface area contributed by atoms with Crippen molar-refractivity contribution in [2.45, 2.75) is 13.0 Å². The number of nitrogens with one attached hydrogen (secondary N) is 1. The Labute approximate surface area is 104 Å². The number of hydrogen-bond acceptors (Lipinski definition) is 5. The molecule has 5 heteroatoms. The summed E-state index contributed by atoms with van der Waals surface area (Å²) >= 11 is 1.70. The quantitative estimate of drug-likeness (QED) is 0.643. The molecule has 2 aromatic heterocycles. The van der Waals surface area contributed by atoms with Crippen molar-refractivity contribution >= 4 is 11.3 Å². The van der Waals surface area contributed by atoms with Crippen molar-refractivity contribution in [3.05, 3.63) is 45.8 Å². The number of hydrazine groups is 1. The molecule has 2 heterocycles. The van der Waals surface area contributed by atoms with E-state index in [0.29, 0.717) is 5.88 Å². The van der Waals surface area contributed by atoms with Crippen LogP contribution >= 0.6 is 11.3 Å². The van der Waals surface area contributed by atoms with Crippen LogP contribution < -0.4 is 16.0 Å². The topological polar surface area (TPSA) is 60.2 Å². The second-order valence-electron chi connectivity index (χ2n) is 3.63. The minimum Gasteiger partial charge on any atom is -0.481 e. The summed E-state index contributed by atoms with van der Waals surface area (Å²) in [6, 6.07) is 5.82. The molecule has 4 nitrogen and oxygen atoms in total. The molecule has 0 aliphatic heterocycles. The smallest absolute Gasteiger partial charge is 0.218 e. The molecule has 0 spiro atoms. The number of ether oxygens (including phenoxy) is 1. The van der Waals surface area contributed by atoms with Gasteiger partial charge in [0.05, 0.1) is 13.2 Å². The van der Waals surface area contributed by atoms with Crippen LogP contribution in [0.5, 0.6) is 5.88 Å². The van der Waals surface area contributed by atoms with Gasteiger partial charge in [0.25, 0.3) is 0 Å². The molecule has 90 valence electrons. The summed E-state index contributed by atoms with van der Waals surface area (Å²) in [5.74, 6) is 6.26. The van der Waals surface area contributed by atoms with Crippen LogP contribution in [0.4, 0.5) is 0 Å². The Morgan fingerprint density at radius 2 is 2.24 bits per heavy atom. The number of nitrogens with zero attached hydrogens (tertiary/aromatic N) is 1. The highest BCUT2D eigenvalue weighted by atomic mass is 32.1. The maximum Gasteiger partial charge on any atom is 0.218 e. The fourth-order valence-electron chi connectivity index (χ4n) is 1.83. The number of hydrogen-bond donors (Lipinski definition) is 2. The average Bonchev–Trinajstić information content (AvgIpc) is 2.78. The van der Waals surface area contributed by atoms with Crippen LogP contribution in [0.2, 0.25) is 0 Å². The van der Waals surface area contributed by atoms with Crippen molar-refractivity contribution in [2.75, 3.05) is 7.11 Å². The van der Waals surface area contributed by atoms with Gasteiger partial charge in [-0.05, 0) is 30.0 Å². The molecule has 1 atom stereocenters. The molecular formula is C12H15N3OS. The summed E-state index contributed by atoms with van der Waals surface area (Å²) < 4.78 is 5.26. The number of thiophene rings is 1. The molecule has 0 aliphatic rings. The van der Waals surface area contributed by atoms with E-state index < -0.39 is 0 Å². The third-order valence-electron chi connectivity index (χ3n) is 2.68. The van der Waals surface area contributed by atoms with Crippen molar-refractivity contribution in [3.8, 4) is 5.88 Å². The molecule has 17 heavy (non-hydrogen) atoms. The van der Waals surface area contributed by atoms with Gasteiger partial charge in [-0.25, -0.2) is 10.4 Å². The highest BCUT2D eigenvalue weighted by molar-refractivity contribution is 7.10. The van der Waals surface area contributed by atoms with Gasteiger partial charge in [0.1, 0.15) is 0 Å². The first kappa shape index (κ1) is 12.0. The van der Waals surface area contributed by atoms with Gasteiger partial charge in [0.15, 0.2) is 0 Å². The van der Waals surface area contributed by atoms with Gasteiger partial charge in [0.2, 0.25) is 5.88 Å². The Morgan fingerprint density at radius 3 is 2.82 bits per heavy atom. The largest absolute Gasteiger partial charge is 0.481 e. The van der Waals surface area contributed by atoms with E-state index in [2.05, 4.69) is 28.8 Å². The number of rotatable bonds is 4. The fraction of sp³-hybridized carbons (Fsp3) is 0.250. The van der Waals surface area contributed by atoms with E-state index in [1.807, 2.05) is 12.1 Å². The van der Waals surface area contributed by atoms with Gasteiger partial charge in [-0.15, -0.1) is 11.3 Å². The van der Waals surface area contributed by atoms with Gasteiger partial charge < -0.3 is 4.74 Å². The number of methoxy groups -OCH3 is 1. The maximum absolute atomic E-state index is 5.66. The van der Waals surface area contributed by atoms with Crippen LogP contribution in [0.15, 0.2) is 29.8 Å². The third kappa shape index (κ3) is 2.31. The highest BCUT2D eigenvalue weighted by Crippen LogP contribution is 2.31. The van der Waals surface area contributed by atoms with E-state index in [-0.39, 0.29) is 6.04 Å². The normalized spacial score (nSPS) is 12.4. The first-order valence-corrected chi connectivity index (χ1v) is 6.15. The average molecular weight is 249 g/mol. The zero-order valence-electron chi connectivity index (χ0n) is 9.81. The molecule has 3 N–H and O–H groups in total. The summed E-state index contributed by atoms with van der Waals surface area (Å²) in [5, 5.41) is 2.05. The Bertz CT molecular complexity index is 498. The van der Waals surface area contributed by atoms with Gasteiger partial charge in [-0.3, -0.25) is 5.84 Å². The second kappa shape index (κ2) is 5.27. The predicted molar refractivity (Wildman–Crippen MR) is 69.0 cm³/mol. The maximum atomic E-state index is 5.66. The zero-order valence-corrected chi connectivity index (χ0v) is 10.6. The summed E-state index contributed by atoms with van der Waals surface area (Å²) in [4.78, 5) is 5.43. The third-order valence-corrected chi connectivity index (χ3v) is 3.54. The minimum atomic E-state index is -0.0927. The molecule has 0 saturated heterocycles. The summed E-state index contributed by atoms with van der Waals surface area (Å²) in [6.45, 7) is 2.08. The van der Waals surface area contributed by atoms with Gasteiger partial charge in [0, 0.05) is 16.6 Å². The highest BCUT2D eigenvalue weighted by Gasteiger charge is 2.19. The molecule has 0 aromatic carbocycles. The summed E-state index contributed by atoms with van der Waals surface area (Å²) in [5.41, 5.74) is 4.92. The van der Waals surface area contributed by atoms with E-state index in [9.17, 15) is 0 Å². The monoisotopic (exact) mass is 249 g/mol. The lowest BCUT2D eigenvalue weighted by Crippen LogP contribution is -2.29. The van der Waals surface area contributed by atoms with Crippen LogP contribution in [0.25, 0.3) is 0 Å². The van der Waals surface area contributed by atoms with E-state index in [1.54, 1.807) is 24.6 Å². The van der Waals surface area contributed by atoms with Crippen LogP contribution in [-0.2, 0) is 0 Å². The Balaban J connectivity index is 2.46. The second-order valence-corrected chi connectivity index (χ2v) is 4.75. The zero-order chi connectivity index (χ0) is 12.3. The van der Waals surface area contributed by atoms with Crippen molar-refractivity contribution in [1.82, 2.24) is 10.4 Å². The van der Waals surface area contributed by atoms with Gasteiger partial charge >= 0.3 is 0 Å². The molecule has 1 unspecified atom stereocenters. The van der Waals surface area contributed by atoms with Crippen molar-refractivity contribution in [3.63, 3.8) is 0 Å². The lowest BCUT2D eigenvalue weighted by molar-refractivity contribution is 0.387. The molecule has 2 aromatic rings. The minimum absolute atomic E-state index is 0.0927. The Morgan fingerprint density at radius 1 is 1.41 bits per heavy atom. The summed E-state index contributed by atoms with van der Waals surface area (Å²) in [6.07, 6.45) is 1.70. The van der Waals surface area contributed by atoms with E-state index in [0.717, 1.165) is 11.1 Å². The number of nitrogens with two attached hydrogens (primary N) is 1. The predicted octanol–water partition coefficient (Wildman–Crippen LogP) is 2.01. The first-order chi connectivity index (χ1) is 8.27. The van der Waals surface area contributed by atoms with Crippen molar-refractivity contribution in [1.29, 1.82) is 0 Å². The standard InChI is InChI=1S/C12H15N3OS/c1-8-9(5-7-17-8)11(15-13)10-4-3-6-14-12(10)16-2/h3-7,11,15H,13H2,1-2H3. The van der Waals surface area contributed by atoms with Gasteiger partial charge in [-0.1, -0.05) is 6.07 Å². The molecule has 0 bridgehead atoms. The Kier molecular flexibility index (Phi) is 3.73. The molecule has 0 radical (unpaired) electrons. The summed E-state index contributed by atoms with van der Waals surface area (Å²) in [7, 11) is 1.61. The number of aromatic nitrogens is 1. The molecule has 0 fully saturated rings. The van der Waals surface area contributed by atoms with Crippen LogP contribution in [0.3, 0.4) is 0 Å². The van der Waals surface area contributed by atoms with Crippen LogP contribution in [-0.4, -0.2) is 12.1 Å².